The van der Waals surface area contributed by atoms with Crippen molar-refractivity contribution < 1.29 is 9.59 Å². The Morgan fingerprint density at radius 2 is 1.76 bits per heavy atom. The lowest BCUT2D eigenvalue weighted by Crippen LogP contribution is -2.47. The van der Waals surface area contributed by atoms with Crippen molar-refractivity contribution >= 4 is 34.4 Å². The summed E-state index contributed by atoms with van der Waals surface area (Å²) in [6.07, 6.45) is 1.66. The summed E-state index contributed by atoms with van der Waals surface area (Å²) in [6.45, 7) is 5.19. The Morgan fingerprint density at radius 1 is 1.19 bits per heavy atom. The summed E-state index contributed by atoms with van der Waals surface area (Å²) < 4.78 is 1.12. The maximum Gasteiger partial charge on any atom is 0.253 e. The average Bonchev–Trinajstić information content (AvgIpc) is 2.48. The molecule has 4 nitrogen and oxygen atoms in total. The van der Waals surface area contributed by atoms with Gasteiger partial charge in [0.1, 0.15) is 0 Å². The highest BCUT2D eigenvalue weighted by Crippen LogP contribution is 2.15. The largest absolute Gasteiger partial charge is 0.353 e. The molecule has 114 valence electrons. The van der Waals surface area contributed by atoms with Crippen molar-refractivity contribution in [2.45, 2.75) is 32.7 Å². The summed E-state index contributed by atoms with van der Waals surface area (Å²) in [7, 11) is 0. The van der Waals surface area contributed by atoms with Crippen LogP contribution in [0, 0.1) is 9.49 Å². The van der Waals surface area contributed by atoms with Crippen molar-refractivity contribution in [2.24, 2.45) is 5.92 Å². The molecule has 0 unspecified atom stereocenters. The molecule has 1 aromatic rings. The van der Waals surface area contributed by atoms with Crippen molar-refractivity contribution in [1.82, 2.24) is 10.2 Å². The van der Waals surface area contributed by atoms with E-state index in [9.17, 15) is 9.59 Å². The molecule has 0 bridgehead atoms. The molecular weight excluding hydrogens is 379 g/mol. The fourth-order valence-corrected chi connectivity index (χ4v) is 2.73. The molecule has 0 aliphatic carbocycles. The second-order valence-corrected chi connectivity index (χ2v) is 6.98. The van der Waals surface area contributed by atoms with Crippen molar-refractivity contribution in [1.29, 1.82) is 0 Å². The van der Waals surface area contributed by atoms with Crippen LogP contribution in [0.15, 0.2) is 24.3 Å². The Morgan fingerprint density at radius 3 is 2.29 bits per heavy atom. The number of rotatable bonds is 3. The topological polar surface area (TPSA) is 49.4 Å². The van der Waals surface area contributed by atoms with E-state index in [1.807, 2.05) is 43.0 Å². The molecule has 2 rings (SSSR count). The van der Waals surface area contributed by atoms with Crippen LogP contribution >= 0.6 is 22.6 Å². The molecule has 1 saturated heterocycles. The van der Waals surface area contributed by atoms with E-state index in [1.54, 1.807) is 0 Å². The lowest BCUT2D eigenvalue weighted by molar-refractivity contribution is -0.124. The van der Waals surface area contributed by atoms with Crippen LogP contribution in [0.1, 0.15) is 37.0 Å². The zero-order valence-electron chi connectivity index (χ0n) is 12.4. The van der Waals surface area contributed by atoms with Gasteiger partial charge < -0.3 is 10.2 Å². The van der Waals surface area contributed by atoms with Gasteiger partial charge >= 0.3 is 0 Å². The fourth-order valence-electron chi connectivity index (χ4n) is 2.37. The van der Waals surface area contributed by atoms with Gasteiger partial charge in [-0.25, -0.2) is 0 Å². The van der Waals surface area contributed by atoms with E-state index >= 15 is 0 Å². The van der Waals surface area contributed by atoms with Crippen molar-refractivity contribution in [3.8, 4) is 0 Å². The zero-order valence-corrected chi connectivity index (χ0v) is 14.6. The molecule has 0 aromatic heterocycles. The van der Waals surface area contributed by atoms with Crippen LogP contribution in [0.2, 0.25) is 0 Å². The summed E-state index contributed by atoms with van der Waals surface area (Å²) in [5.74, 6) is 0.189. The van der Waals surface area contributed by atoms with E-state index < -0.39 is 0 Å². The van der Waals surface area contributed by atoms with E-state index in [0.717, 1.165) is 22.0 Å². The van der Waals surface area contributed by atoms with Gasteiger partial charge in [0.05, 0.1) is 0 Å². The number of amides is 2. The number of carbonyl (C=O) groups excluding carboxylic acids is 2. The Bertz CT molecular complexity index is 506. The number of carbonyl (C=O) groups is 2. The molecule has 5 heteroatoms. The predicted octanol–water partition coefficient (Wildman–Crippen LogP) is 2.67. The summed E-state index contributed by atoms with van der Waals surface area (Å²) in [5, 5.41) is 3.05. The number of halogens is 1. The maximum absolute atomic E-state index is 12.4. The Labute approximate surface area is 139 Å². The van der Waals surface area contributed by atoms with Gasteiger partial charge in [-0.2, -0.15) is 0 Å². The molecule has 1 heterocycles. The molecule has 0 saturated carbocycles. The minimum Gasteiger partial charge on any atom is -0.353 e. The van der Waals surface area contributed by atoms with E-state index in [4.69, 9.17) is 0 Å². The molecule has 0 atom stereocenters. The number of piperidine rings is 1. The van der Waals surface area contributed by atoms with E-state index in [0.29, 0.717) is 13.1 Å². The van der Waals surface area contributed by atoms with Crippen molar-refractivity contribution in [3.63, 3.8) is 0 Å². The third-order valence-electron chi connectivity index (χ3n) is 3.74. The molecule has 1 aliphatic heterocycles. The molecule has 1 aromatic carbocycles. The number of nitrogens with zero attached hydrogens (tertiary/aromatic N) is 1. The molecule has 1 N–H and O–H groups in total. The molecule has 1 fully saturated rings. The number of benzene rings is 1. The fraction of sp³-hybridized carbons (Fsp3) is 0.500. The highest BCUT2D eigenvalue weighted by Gasteiger charge is 2.24. The summed E-state index contributed by atoms with van der Waals surface area (Å²) in [4.78, 5) is 25.9. The van der Waals surface area contributed by atoms with Crippen LogP contribution in [0.3, 0.4) is 0 Å². The van der Waals surface area contributed by atoms with Gasteiger partial charge in [0, 0.05) is 34.2 Å². The minimum absolute atomic E-state index is 0.0106. The van der Waals surface area contributed by atoms with E-state index in [2.05, 4.69) is 27.9 Å². The van der Waals surface area contributed by atoms with Crippen LogP contribution in [0.4, 0.5) is 0 Å². The maximum atomic E-state index is 12.4. The lowest BCUT2D eigenvalue weighted by Gasteiger charge is -2.32. The molecule has 21 heavy (non-hydrogen) atoms. The number of likely N-dealkylation sites (tertiary alicyclic amines) is 1. The smallest absolute Gasteiger partial charge is 0.253 e. The molecule has 0 spiro atoms. The highest BCUT2D eigenvalue weighted by molar-refractivity contribution is 14.1. The minimum atomic E-state index is 0.0106. The van der Waals surface area contributed by atoms with Gasteiger partial charge in [0.2, 0.25) is 5.91 Å². The highest BCUT2D eigenvalue weighted by atomic mass is 127. The first-order valence-corrected chi connectivity index (χ1v) is 8.40. The number of nitrogens with one attached hydrogen (secondary N) is 1. The monoisotopic (exact) mass is 400 g/mol. The van der Waals surface area contributed by atoms with Gasteiger partial charge in [-0.15, -0.1) is 0 Å². The van der Waals surface area contributed by atoms with Crippen molar-refractivity contribution in [2.75, 3.05) is 13.1 Å². The van der Waals surface area contributed by atoms with Crippen molar-refractivity contribution in [3.05, 3.63) is 33.4 Å². The third kappa shape index (κ3) is 4.43. The summed E-state index contributed by atoms with van der Waals surface area (Å²) in [5.41, 5.74) is 0.736. The normalized spacial score (nSPS) is 16.1. The first-order valence-electron chi connectivity index (χ1n) is 7.32. The molecule has 1 aliphatic rings. The van der Waals surface area contributed by atoms with Gasteiger partial charge in [0.15, 0.2) is 0 Å². The quantitative estimate of drug-likeness (QED) is 0.794. The second-order valence-electron chi connectivity index (χ2n) is 5.74. The SMILES string of the molecule is CC(C)C(=O)NC1CCN(C(=O)c2ccc(I)cc2)CC1. The van der Waals surface area contributed by atoms with Gasteiger partial charge in [0.25, 0.3) is 5.91 Å². The lowest BCUT2D eigenvalue weighted by atomic mass is 10.0. The average molecular weight is 400 g/mol. The van der Waals surface area contributed by atoms with E-state index in [1.165, 1.54) is 0 Å². The Kier molecular flexibility index (Phi) is 5.61. The number of hydrogen-bond acceptors (Lipinski definition) is 2. The summed E-state index contributed by atoms with van der Waals surface area (Å²) in [6, 6.07) is 7.83. The van der Waals surface area contributed by atoms with Crippen LogP contribution in [0.25, 0.3) is 0 Å². The Hall–Kier alpha value is -1.11. The van der Waals surface area contributed by atoms with E-state index in [-0.39, 0.29) is 23.8 Å². The van der Waals surface area contributed by atoms with Gasteiger partial charge in [-0.05, 0) is 59.7 Å². The van der Waals surface area contributed by atoms with Crippen LogP contribution < -0.4 is 5.32 Å². The first-order chi connectivity index (χ1) is 9.97. The molecular formula is C16H21IN2O2. The summed E-state index contributed by atoms with van der Waals surface area (Å²) >= 11 is 2.23. The Balaban J connectivity index is 1.87. The van der Waals surface area contributed by atoms with Crippen LogP contribution in [-0.2, 0) is 4.79 Å². The standard InChI is InChI=1S/C16H21IN2O2/c1-11(2)15(20)18-14-7-9-19(10-8-14)16(21)12-3-5-13(17)6-4-12/h3-6,11,14H,7-10H2,1-2H3,(H,18,20). The third-order valence-corrected chi connectivity index (χ3v) is 4.46. The second kappa shape index (κ2) is 7.24. The molecule has 0 radical (unpaired) electrons. The first kappa shape index (κ1) is 16.3. The van der Waals surface area contributed by atoms with Gasteiger partial charge in [-0.1, -0.05) is 13.8 Å². The zero-order chi connectivity index (χ0) is 15.4. The number of hydrogen-bond donors (Lipinski definition) is 1. The predicted molar refractivity (Wildman–Crippen MR) is 91.1 cm³/mol. The molecule has 2 amide bonds. The van der Waals surface area contributed by atoms with Crippen LogP contribution in [0.5, 0.6) is 0 Å². The van der Waals surface area contributed by atoms with Gasteiger partial charge in [-0.3, -0.25) is 9.59 Å². The van der Waals surface area contributed by atoms with Crippen LogP contribution in [-0.4, -0.2) is 35.8 Å².